The number of non-ortho nitro benzene ring substituents is 2. The van der Waals surface area contributed by atoms with Gasteiger partial charge in [-0.25, -0.2) is 4.79 Å². The van der Waals surface area contributed by atoms with Gasteiger partial charge < -0.3 is 20.3 Å². The minimum Gasteiger partial charge on any atom is -0.478 e. The first-order valence-electron chi connectivity index (χ1n) is 14.8. The Morgan fingerprint density at radius 3 is 1.48 bits per heavy atom. The van der Waals surface area contributed by atoms with Crippen molar-refractivity contribution in [2.45, 2.75) is 38.5 Å². The number of nitro benzene ring substituents is 2. The summed E-state index contributed by atoms with van der Waals surface area (Å²) in [6, 6.07) is 18.0. The van der Waals surface area contributed by atoms with Crippen LogP contribution in [0.4, 0.5) is 17.1 Å². The van der Waals surface area contributed by atoms with Crippen LogP contribution < -0.4 is 5.73 Å². The number of benzene rings is 3. The van der Waals surface area contributed by atoms with Crippen LogP contribution in [-0.4, -0.2) is 58.9 Å². The molecule has 13 nitrogen and oxygen atoms in total. The highest BCUT2D eigenvalue weighted by molar-refractivity contribution is 5.97. The topological polar surface area (TPSA) is 202 Å². The number of aromatic carboxylic acids is 1. The number of anilines is 1. The third-order valence-electron chi connectivity index (χ3n) is 7.52. The van der Waals surface area contributed by atoms with Gasteiger partial charge in [-0.2, -0.15) is 0 Å². The molecular weight excluding hydrogens is 598 g/mol. The van der Waals surface area contributed by atoms with Gasteiger partial charge in [0.1, 0.15) is 0 Å². The highest BCUT2D eigenvalue weighted by Gasteiger charge is 2.20. The minimum atomic E-state index is -1.17. The molecule has 0 spiro atoms. The van der Waals surface area contributed by atoms with Gasteiger partial charge in [-0.1, -0.05) is 30.3 Å². The van der Waals surface area contributed by atoms with Gasteiger partial charge in [-0.15, -0.1) is 0 Å². The van der Waals surface area contributed by atoms with Gasteiger partial charge in [0.15, 0.2) is 11.6 Å². The van der Waals surface area contributed by atoms with E-state index in [0.717, 1.165) is 50.5 Å². The zero-order valence-electron chi connectivity index (χ0n) is 25.2. The van der Waals surface area contributed by atoms with Gasteiger partial charge in [0, 0.05) is 80.3 Å². The molecule has 0 atom stereocenters. The Bertz CT molecular complexity index is 1490. The van der Waals surface area contributed by atoms with E-state index in [0.29, 0.717) is 49.1 Å². The second-order valence-corrected chi connectivity index (χ2v) is 10.9. The number of Topliss-reactive ketones (excluding diaryl/α,β-unsaturated/α-hetero) is 2. The van der Waals surface area contributed by atoms with Crippen molar-refractivity contribution < 1.29 is 38.8 Å². The van der Waals surface area contributed by atoms with Gasteiger partial charge in [0.05, 0.1) is 15.4 Å². The van der Waals surface area contributed by atoms with Crippen LogP contribution in [0, 0.1) is 32.1 Å². The lowest BCUT2D eigenvalue weighted by Gasteiger charge is -2.21. The maximum Gasteiger partial charge on any atom is 0.335 e. The Kier molecular flexibility index (Phi) is 13.9. The molecule has 2 fully saturated rings. The van der Waals surface area contributed by atoms with Crippen molar-refractivity contribution in [3.05, 3.63) is 110 Å². The molecule has 3 aromatic rings. The Morgan fingerprint density at radius 1 is 0.674 bits per heavy atom. The molecule has 0 amide bonds. The van der Waals surface area contributed by atoms with Crippen molar-refractivity contribution in [3.8, 4) is 0 Å². The van der Waals surface area contributed by atoms with Gasteiger partial charge in [-0.3, -0.25) is 29.8 Å². The van der Waals surface area contributed by atoms with Crippen LogP contribution in [0.2, 0.25) is 0 Å². The largest absolute Gasteiger partial charge is 0.478 e. The molecular formula is C33H37N3O10. The van der Waals surface area contributed by atoms with E-state index in [1.54, 1.807) is 24.3 Å². The average Bonchev–Trinajstić information content (AvgIpc) is 3.06. The number of ether oxygens (including phenoxy) is 2. The standard InChI is InChI=1S/C13H15NO4.C13H17NO2.C7H5NO4/c15-13(8-10-4-6-18-7-5-10)11-2-1-3-12(9-11)14(16)17;14-12-3-1-2-11(9-12)13(15)8-10-4-6-16-7-5-10;9-7(10)5-2-1-3-6(4-5)8(11)12/h1-3,9-10H,4-8H2;1-3,9-10H,4-8,14H2;1-4H,(H,9,10). The number of nitro groups is 2. The molecule has 0 saturated carbocycles. The number of hydrogen-bond donors (Lipinski definition) is 2. The van der Waals surface area contributed by atoms with E-state index in [1.807, 2.05) is 12.1 Å². The summed E-state index contributed by atoms with van der Waals surface area (Å²) in [6.45, 7) is 2.98. The monoisotopic (exact) mass is 635 g/mol. The van der Waals surface area contributed by atoms with E-state index < -0.39 is 15.8 Å². The molecule has 2 saturated heterocycles. The fourth-order valence-corrected chi connectivity index (χ4v) is 4.92. The number of nitrogens with two attached hydrogens (primary N) is 1. The van der Waals surface area contributed by atoms with E-state index in [9.17, 15) is 34.6 Å². The smallest absolute Gasteiger partial charge is 0.335 e. The van der Waals surface area contributed by atoms with Crippen LogP contribution in [0.5, 0.6) is 0 Å². The second kappa shape index (κ2) is 18.1. The first-order valence-corrected chi connectivity index (χ1v) is 14.8. The summed E-state index contributed by atoms with van der Waals surface area (Å²) in [5.74, 6) is -0.184. The summed E-state index contributed by atoms with van der Waals surface area (Å²) >= 11 is 0. The lowest BCUT2D eigenvalue weighted by atomic mass is 9.92. The zero-order chi connectivity index (χ0) is 33.5. The predicted molar refractivity (Wildman–Crippen MR) is 169 cm³/mol. The van der Waals surface area contributed by atoms with Crippen LogP contribution in [0.25, 0.3) is 0 Å². The van der Waals surface area contributed by atoms with E-state index in [2.05, 4.69) is 0 Å². The molecule has 13 heteroatoms. The average molecular weight is 636 g/mol. The number of nitrogen functional groups attached to an aromatic ring is 1. The third-order valence-corrected chi connectivity index (χ3v) is 7.52. The summed E-state index contributed by atoms with van der Waals surface area (Å²) in [5, 5.41) is 29.3. The SMILES string of the molecule is Nc1cccc(C(=O)CC2CCOCC2)c1.O=C(CC1CCOCC1)c1cccc([N+](=O)[O-])c1.O=C(O)c1cccc([N+](=O)[O-])c1. The molecule has 2 aliphatic rings. The molecule has 3 aromatic carbocycles. The van der Waals surface area contributed by atoms with Crippen molar-refractivity contribution in [1.29, 1.82) is 0 Å². The van der Waals surface area contributed by atoms with E-state index >= 15 is 0 Å². The maximum atomic E-state index is 12.0. The summed E-state index contributed by atoms with van der Waals surface area (Å²) < 4.78 is 10.5. The number of hydrogen-bond acceptors (Lipinski definition) is 10. The number of carboxylic acid groups (broad SMARTS) is 1. The highest BCUT2D eigenvalue weighted by atomic mass is 16.6. The zero-order valence-corrected chi connectivity index (χ0v) is 25.2. The Labute approximate surface area is 265 Å². The van der Waals surface area contributed by atoms with Crippen molar-refractivity contribution in [2.75, 3.05) is 32.2 Å². The molecule has 0 unspecified atom stereocenters. The van der Waals surface area contributed by atoms with Crippen LogP contribution in [0.15, 0.2) is 72.8 Å². The van der Waals surface area contributed by atoms with Crippen molar-refractivity contribution in [1.82, 2.24) is 0 Å². The summed E-state index contributed by atoms with van der Waals surface area (Å²) in [5.41, 5.74) is 7.14. The molecule has 5 rings (SSSR count). The third kappa shape index (κ3) is 11.8. The summed E-state index contributed by atoms with van der Waals surface area (Å²) in [4.78, 5) is 54.1. The molecule has 0 bridgehead atoms. The molecule has 244 valence electrons. The molecule has 46 heavy (non-hydrogen) atoms. The van der Waals surface area contributed by atoms with Gasteiger partial charge in [0.2, 0.25) is 0 Å². The van der Waals surface area contributed by atoms with E-state index in [4.69, 9.17) is 20.3 Å². The van der Waals surface area contributed by atoms with E-state index in [1.165, 1.54) is 30.3 Å². The Morgan fingerprint density at radius 2 is 1.07 bits per heavy atom. The fraction of sp³-hybridized carbons (Fsp3) is 0.364. The number of ketones is 2. The maximum absolute atomic E-state index is 12.0. The molecule has 0 radical (unpaired) electrons. The lowest BCUT2D eigenvalue weighted by Crippen LogP contribution is -2.18. The highest BCUT2D eigenvalue weighted by Crippen LogP contribution is 2.23. The van der Waals surface area contributed by atoms with Crippen LogP contribution >= 0.6 is 0 Å². The molecule has 0 aromatic heterocycles. The quantitative estimate of drug-likeness (QED) is 0.118. The second-order valence-electron chi connectivity index (χ2n) is 10.9. The Balaban J connectivity index is 0.000000192. The fourth-order valence-electron chi connectivity index (χ4n) is 4.92. The minimum absolute atomic E-state index is 0.0226. The first kappa shape index (κ1) is 35.5. The normalized spacial score (nSPS) is 14.9. The molecule has 3 N–H and O–H groups in total. The lowest BCUT2D eigenvalue weighted by molar-refractivity contribution is -0.385. The number of carboxylic acids is 1. The molecule has 0 aliphatic carbocycles. The van der Waals surface area contributed by atoms with Crippen molar-refractivity contribution in [3.63, 3.8) is 0 Å². The molecule has 2 heterocycles. The van der Waals surface area contributed by atoms with Gasteiger partial charge in [-0.05, 0) is 55.7 Å². The Hall–Kier alpha value is -5.01. The predicted octanol–water partition coefficient (Wildman–Crippen LogP) is 6.16. The number of nitrogens with zero attached hydrogens (tertiary/aromatic N) is 2. The van der Waals surface area contributed by atoms with E-state index in [-0.39, 0.29) is 28.5 Å². The summed E-state index contributed by atoms with van der Waals surface area (Å²) in [6.07, 6.45) is 4.83. The molecule has 2 aliphatic heterocycles. The van der Waals surface area contributed by atoms with Crippen LogP contribution in [0.1, 0.15) is 69.6 Å². The first-order chi connectivity index (χ1) is 22.0. The van der Waals surface area contributed by atoms with Gasteiger partial charge in [0.25, 0.3) is 11.4 Å². The number of carbonyl (C=O) groups is 3. The van der Waals surface area contributed by atoms with Gasteiger partial charge >= 0.3 is 5.97 Å². The van der Waals surface area contributed by atoms with Crippen LogP contribution in [0.3, 0.4) is 0 Å². The van der Waals surface area contributed by atoms with Crippen molar-refractivity contribution >= 4 is 34.6 Å². The number of carbonyl (C=O) groups excluding carboxylic acids is 2. The van der Waals surface area contributed by atoms with Crippen molar-refractivity contribution in [2.24, 2.45) is 11.8 Å². The number of rotatable bonds is 9. The van der Waals surface area contributed by atoms with Crippen LogP contribution in [-0.2, 0) is 9.47 Å². The summed E-state index contributed by atoms with van der Waals surface area (Å²) in [7, 11) is 0.